The van der Waals surface area contributed by atoms with E-state index < -0.39 is 0 Å². The third-order valence-electron chi connectivity index (χ3n) is 2.02. The fourth-order valence-electron chi connectivity index (χ4n) is 1.46. The number of rotatable bonds is 2. The molecule has 2 nitrogen and oxygen atoms in total. The van der Waals surface area contributed by atoms with Crippen molar-refractivity contribution >= 4 is 0 Å². The summed E-state index contributed by atoms with van der Waals surface area (Å²) in [6.07, 6.45) is 1.21. The van der Waals surface area contributed by atoms with Gasteiger partial charge >= 0.3 is 0 Å². The molecule has 0 amide bonds. The minimum absolute atomic E-state index is 0.294. The van der Waals surface area contributed by atoms with Gasteiger partial charge in [0, 0.05) is 6.04 Å². The molecular weight excluding hydrogens is 126 g/mol. The molecule has 1 fully saturated rings. The van der Waals surface area contributed by atoms with Crippen LogP contribution in [0.2, 0.25) is 0 Å². The van der Waals surface area contributed by atoms with Gasteiger partial charge in [-0.2, -0.15) is 0 Å². The van der Waals surface area contributed by atoms with Crippen LogP contribution in [0.15, 0.2) is 0 Å². The van der Waals surface area contributed by atoms with Gasteiger partial charge in [-0.1, -0.05) is 13.8 Å². The predicted molar refractivity (Wildman–Crippen MR) is 41.7 cm³/mol. The lowest BCUT2D eigenvalue weighted by Gasteiger charge is -2.14. The standard InChI is InChI=1S/C8H17NO/c1-6(2)3-7-4-10-5-8(7)9/h6-8H,3-5,9H2,1-2H3/t7-,8+/m0/s1. The second kappa shape index (κ2) is 3.35. The van der Waals surface area contributed by atoms with Gasteiger partial charge in [-0.15, -0.1) is 0 Å². The first kappa shape index (κ1) is 8.02. The third kappa shape index (κ3) is 1.96. The Kier molecular flexibility index (Phi) is 2.69. The van der Waals surface area contributed by atoms with Gasteiger partial charge in [-0.05, 0) is 18.3 Å². The molecule has 0 bridgehead atoms. The van der Waals surface area contributed by atoms with E-state index in [0.717, 1.165) is 19.1 Å². The molecule has 1 rings (SSSR count). The van der Waals surface area contributed by atoms with Crippen LogP contribution in [0.5, 0.6) is 0 Å². The molecule has 10 heavy (non-hydrogen) atoms. The minimum Gasteiger partial charge on any atom is -0.379 e. The molecular formula is C8H17NO. The van der Waals surface area contributed by atoms with E-state index in [9.17, 15) is 0 Å². The van der Waals surface area contributed by atoms with Crippen molar-refractivity contribution in [1.82, 2.24) is 0 Å². The second-order valence-electron chi connectivity index (χ2n) is 3.59. The van der Waals surface area contributed by atoms with Crippen LogP contribution >= 0.6 is 0 Å². The highest BCUT2D eigenvalue weighted by Gasteiger charge is 2.24. The molecule has 0 saturated carbocycles. The first-order valence-corrected chi connectivity index (χ1v) is 4.03. The summed E-state index contributed by atoms with van der Waals surface area (Å²) < 4.78 is 5.25. The SMILES string of the molecule is CC(C)C[C@H]1COC[C@H]1N. The van der Waals surface area contributed by atoms with E-state index in [1.54, 1.807) is 0 Å². The zero-order valence-corrected chi connectivity index (χ0v) is 6.84. The van der Waals surface area contributed by atoms with E-state index in [1.807, 2.05) is 0 Å². The molecule has 2 N–H and O–H groups in total. The van der Waals surface area contributed by atoms with Gasteiger partial charge in [0.15, 0.2) is 0 Å². The van der Waals surface area contributed by atoms with Crippen molar-refractivity contribution in [3.8, 4) is 0 Å². The van der Waals surface area contributed by atoms with Gasteiger partial charge in [-0.25, -0.2) is 0 Å². The number of ether oxygens (including phenoxy) is 1. The smallest absolute Gasteiger partial charge is 0.0621 e. The molecule has 2 atom stereocenters. The van der Waals surface area contributed by atoms with Gasteiger partial charge in [0.2, 0.25) is 0 Å². The van der Waals surface area contributed by atoms with Crippen molar-refractivity contribution in [3.63, 3.8) is 0 Å². The average molecular weight is 143 g/mol. The molecule has 0 radical (unpaired) electrons. The Hall–Kier alpha value is -0.0800. The molecule has 2 heteroatoms. The topological polar surface area (TPSA) is 35.2 Å². The van der Waals surface area contributed by atoms with Crippen LogP contribution in [-0.4, -0.2) is 19.3 Å². The summed E-state index contributed by atoms with van der Waals surface area (Å²) in [6, 6.07) is 0.294. The third-order valence-corrected chi connectivity index (χ3v) is 2.02. The highest BCUT2D eigenvalue weighted by atomic mass is 16.5. The fraction of sp³-hybridized carbons (Fsp3) is 1.00. The van der Waals surface area contributed by atoms with E-state index in [0.29, 0.717) is 12.0 Å². The molecule has 60 valence electrons. The van der Waals surface area contributed by atoms with Crippen LogP contribution in [0.25, 0.3) is 0 Å². The quantitative estimate of drug-likeness (QED) is 0.626. The summed E-state index contributed by atoms with van der Waals surface area (Å²) in [5, 5.41) is 0. The average Bonchev–Trinajstić information content (AvgIpc) is 2.15. The Morgan fingerprint density at radius 2 is 2.20 bits per heavy atom. The summed E-state index contributed by atoms with van der Waals surface area (Å²) in [7, 11) is 0. The fourth-order valence-corrected chi connectivity index (χ4v) is 1.46. The molecule has 0 aliphatic carbocycles. The van der Waals surface area contributed by atoms with Crippen molar-refractivity contribution in [1.29, 1.82) is 0 Å². The Labute approximate surface area is 62.7 Å². The van der Waals surface area contributed by atoms with E-state index in [2.05, 4.69) is 13.8 Å². The molecule has 1 aliphatic rings. The van der Waals surface area contributed by atoms with Crippen LogP contribution in [0.4, 0.5) is 0 Å². The van der Waals surface area contributed by atoms with Gasteiger partial charge in [-0.3, -0.25) is 0 Å². The van der Waals surface area contributed by atoms with E-state index in [1.165, 1.54) is 6.42 Å². The zero-order valence-electron chi connectivity index (χ0n) is 6.84. The van der Waals surface area contributed by atoms with Gasteiger partial charge in [0.05, 0.1) is 13.2 Å². The monoisotopic (exact) mass is 143 g/mol. The lowest BCUT2D eigenvalue weighted by atomic mass is 9.94. The van der Waals surface area contributed by atoms with Crippen molar-refractivity contribution in [2.24, 2.45) is 17.6 Å². The molecule has 0 aromatic rings. The number of hydrogen-bond donors (Lipinski definition) is 1. The number of nitrogens with two attached hydrogens (primary N) is 1. The maximum absolute atomic E-state index is 5.80. The largest absolute Gasteiger partial charge is 0.379 e. The van der Waals surface area contributed by atoms with Gasteiger partial charge < -0.3 is 10.5 Å². The van der Waals surface area contributed by atoms with E-state index in [4.69, 9.17) is 10.5 Å². The Balaban J connectivity index is 2.26. The molecule has 0 aromatic carbocycles. The lowest BCUT2D eigenvalue weighted by Crippen LogP contribution is -2.29. The number of hydrogen-bond acceptors (Lipinski definition) is 2. The molecule has 1 saturated heterocycles. The van der Waals surface area contributed by atoms with Crippen molar-refractivity contribution in [3.05, 3.63) is 0 Å². The molecule has 0 unspecified atom stereocenters. The Morgan fingerprint density at radius 3 is 2.60 bits per heavy atom. The first-order valence-electron chi connectivity index (χ1n) is 4.03. The molecule has 0 spiro atoms. The summed E-state index contributed by atoms with van der Waals surface area (Å²) in [5.74, 6) is 1.36. The normalized spacial score (nSPS) is 33.6. The van der Waals surface area contributed by atoms with Gasteiger partial charge in [0.25, 0.3) is 0 Å². The van der Waals surface area contributed by atoms with Crippen LogP contribution in [0.3, 0.4) is 0 Å². The first-order chi connectivity index (χ1) is 4.70. The Morgan fingerprint density at radius 1 is 1.50 bits per heavy atom. The van der Waals surface area contributed by atoms with Crippen LogP contribution in [0.1, 0.15) is 20.3 Å². The summed E-state index contributed by atoms with van der Waals surface area (Å²) in [4.78, 5) is 0. The van der Waals surface area contributed by atoms with Crippen molar-refractivity contribution in [2.45, 2.75) is 26.3 Å². The summed E-state index contributed by atoms with van der Waals surface area (Å²) in [5.41, 5.74) is 5.80. The minimum atomic E-state index is 0.294. The molecule has 0 aromatic heterocycles. The van der Waals surface area contributed by atoms with Crippen LogP contribution in [-0.2, 0) is 4.74 Å². The van der Waals surface area contributed by atoms with Crippen molar-refractivity contribution < 1.29 is 4.74 Å². The zero-order chi connectivity index (χ0) is 7.56. The molecule has 1 heterocycles. The second-order valence-corrected chi connectivity index (χ2v) is 3.59. The highest BCUT2D eigenvalue weighted by Crippen LogP contribution is 2.19. The van der Waals surface area contributed by atoms with Crippen LogP contribution < -0.4 is 5.73 Å². The Bertz CT molecular complexity index is 103. The lowest BCUT2D eigenvalue weighted by molar-refractivity contribution is 0.180. The maximum Gasteiger partial charge on any atom is 0.0621 e. The highest BCUT2D eigenvalue weighted by molar-refractivity contribution is 4.78. The van der Waals surface area contributed by atoms with Crippen molar-refractivity contribution in [2.75, 3.05) is 13.2 Å². The maximum atomic E-state index is 5.80. The van der Waals surface area contributed by atoms with E-state index >= 15 is 0 Å². The van der Waals surface area contributed by atoms with Gasteiger partial charge in [0.1, 0.15) is 0 Å². The van der Waals surface area contributed by atoms with E-state index in [-0.39, 0.29) is 0 Å². The summed E-state index contributed by atoms with van der Waals surface area (Å²) >= 11 is 0. The predicted octanol–water partition coefficient (Wildman–Crippen LogP) is 1.01. The molecule has 1 aliphatic heterocycles. The van der Waals surface area contributed by atoms with Crippen LogP contribution in [0, 0.1) is 11.8 Å². The summed E-state index contributed by atoms with van der Waals surface area (Å²) in [6.45, 7) is 6.09.